The zero-order chi connectivity index (χ0) is 17.4. The van der Waals surface area contributed by atoms with E-state index in [9.17, 15) is 15.0 Å². The molecule has 2 unspecified atom stereocenters. The summed E-state index contributed by atoms with van der Waals surface area (Å²) in [5, 5.41) is 26.2. The summed E-state index contributed by atoms with van der Waals surface area (Å²) in [7, 11) is 0. The van der Waals surface area contributed by atoms with Crippen LogP contribution in [0.1, 0.15) is 16.9 Å². The average molecular weight is 345 g/mol. The number of aliphatic hydroxyl groups is 2. The van der Waals surface area contributed by atoms with E-state index in [0.717, 1.165) is 5.56 Å². The fourth-order valence-corrected chi connectivity index (χ4v) is 3.18. The van der Waals surface area contributed by atoms with E-state index < -0.39 is 6.10 Å². The van der Waals surface area contributed by atoms with Gasteiger partial charge in [-0.2, -0.15) is 5.10 Å². The van der Waals surface area contributed by atoms with Crippen molar-refractivity contribution >= 4 is 5.91 Å². The molecule has 0 aliphatic carbocycles. The maximum absolute atomic E-state index is 12.6. The van der Waals surface area contributed by atoms with Crippen LogP contribution in [0.4, 0.5) is 0 Å². The van der Waals surface area contributed by atoms with Crippen LogP contribution < -0.4 is 9.47 Å². The third-order valence-electron chi connectivity index (χ3n) is 4.72. The lowest BCUT2D eigenvalue weighted by molar-refractivity contribution is 0.000657. The second-order valence-electron chi connectivity index (χ2n) is 6.28. The number of aliphatic hydroxyl groups excluding tert-OH is 2. The topological polar surface area (TPSA) is 108 Å². The van der Waals surface area contributed by atoms with Crippen molar-refractivity contribution in [1.82, 2.24) is 15.1 Å². The van der Waals surface area contributed by atoms with E-state index in [4.69, 9.17) is 9.47 Å². The van der Waals surface area contributed by atoms with Crippen LogP contribution in [0.25, 0.3) is 11.3 Å². The first-order valence-corrected chi connectivity index (χ1v) is 8.19. The maximum Gasteiger partial charge on any atom is 0.271 e. The van der Waals surface area contributed by atoms with Gasteiger partial charge < -0.3 is 24.6 Å². The molecule has 25 heavy (non-hydrogen) atoms. The molecule has 1 fully saturated rings. The van der Waals surface area contributed by atoms with Crippen molar-refractivity contribution in [2.24, 2.45) is 5.92 Å². The van der Waals surface area contributed by atoms with Gasteiger partial charge >= 0.3 is 0 Å². The molecule has 1 aromatic heterocycles. The van der Waals surface area contributed by atoms with Gasteiger partial charge in [0.2, 0.25) is 6.79 Å². The van der Waals surface area contributed by atoms with Crippen LogP contribution in [0.2, 0.25) is 0 Å². The Kier molecular flexibility index (Phi) is 4.06. The van der Waals surface area contributed by atoms with Gasteiger partial charge in [0.05, 0.1) is 11.8 Å². The Labute approximate surface area is 144 Å². The van der Waals surface area contributed by atoms with E-state index in [-0.39, 0.29) is 31.8 Å². The van der Waals surface area contributed by atoms with Gasteiger partial charge in [-0.05, 0) is 30.7 Å². The molecular formula is C17H19N3O5. The number of nitrogens with one attached hydrogen (secondary N) is 1. The lowest BCUT2D eigenvalue weighted by Crippen LogP contribution is -2.47. The minimum atomic E-state index is -0.709. The van der Waals surface area contributed by atoms with Gasteiger partial charge in [0.15, 0.2) is 11.5 Å². The van der Waals surface area contributed by atoms with Gasteiger partial charge in [-0.3, -0.25) is 9.89 Å². The van der Waals surface area contributed by atoms with E-state index in [1.54, 1.807) is 11.0 Å². The molecule has 4 rings (SSSR count). The Balaban J connectivity index is 1.50. The molecule has 3 N–H and O–H groups in total. The van der Waals surface area contributed by atoms with Gasteiger partial charge in [-0.25, -0.2) is 0 Å². The number of hydrogen-bond donors (Lipinski definition) is 3. The second kappa shape index (κ2) is 6.38. The predicted octanol–water partition coefficient (Wildman–Crippen LogP) is 0.621. The number of benzene rings is 1. The standard InChI is InChI=1S/C17H19N3O5/c21-8-11-3-4-20(7-14(11)22)17(23)13-6-12(18-19-13)10-1-2-15-16(5-10)25-9-24-15/h1-2,5-6,11,14,21-22H,3-4,7-9H2,(H,18,19). The summed E-state index contributed by atoms with van der Waals surface area (Å²) in [5.41, 5.74) is 1.81. The Morgan fingerprint density at radius 1 is 1.32 bits per heavy atom. The zero-order valence-corrected chi connectivity index (χ0v) is 13.5. The lowest BCUT2D eigenvalue weighted by Gasteiger charge is -2.34. The zero-order valence-electron chi connectivity index (χ0n) is 13.5. The number of likely N-dealkylation sites (tertiary alicyclic amines) is 1. The normalized spacial score (nSPS) is 22.2. The largest absolute Gasteiger partial charge is 0.454 e. The number of β-amino-alcohol motifs (C(OH)–C–C–N with tert-alkyl or cyclic N) is 1. The third-order valence-corrected chi connectivity index (χ3v) is 4.72. The van der Waals surface area contributed by atoms with Crippen molar-refractivity contribution in [3.63, 3.8) is 0 Å². The summed E-state index contributed by atoms with van der Waals surface area (Å²) in [5.74, 6) is 0.962. The van der Waals surface area contributed by atoms with E-state index >= 15 is 0 Å². The Morgan fingerprint density at radius 2 is 2.16 bits per heavy atom. The Morgan fingerprint density at radius 3 is 2.96 bits per heavy atom. The highest BCUT2D eigenvalue weighted by Crippen LogP contribution is 2.35. The van der Waals surface area contributed by atoms with Crippen molar-refractivity contribution in [2.75, 3.05) is 26.5 Å². The van der Waals surface area contributed by atoms with Crippen LogP contribution in [0, 0.1) is 5.92 Å². The second-order valence-corrected chi connectivity index (χ2v) is 6.28. The molecule has 0 bridgehead atoms. The lowest BCUT2D eigenvalue weighted by atomic mass is 9.94. The molecule has 8 nitrogen and oxygen atoms in total. The summed E-state index contributed by atoms with van der Waals surface area (Å²) >= 11 is 0. The fraction of sp³-hybridized carbons (Fsp3) is 0.412. The summed E-state index contributed by atoms with van der Waals surface area (Å²) in [6.07, 6.45) is -0.133. The van der Waals surface area contributed by atoms with Gasteiger partial charge in [0.25, 0.3) is 5.91 Å². The number of H-pyrrole nitrogens is 1. The smallest absolute Gasteiger partial charge is 0.271 e. The average Bonchev–Trinajstić information content (AvgIpc) is 3.29. The first-order valence-electron chi connectivity index (χ1n) is 8.19. The molecule has 2 aromatic rings. The molecule has 1 amide bonds. The van der Waals surface area contributed by atoms with E-state index in [1.807, 2.05) is 18.2 Å². The summed E-state index contributed by atoms with van der Waals surface area (Å²) in [6.45, 7) is 0.846. The highest BCUT2D eigenvalue weighted by molar-refractivity contribution is 5.93. The van der Waals surface area contributed by atoms with Crippen LogP contribution in [-0.4, -0.2) is 63.8 Å². The quantitative estimate of drug-likeness (QED) is 0.753. The monoisotopic (exact) mass is 345 g/mol. The van der Waals surface area contributed by atoms with Crippen molar-refractivity contribution in [2.45, 2.75) is 12.5 Å². The number of nitrogens with zero attached hydrogens (tertiary/aromatic N) is 2. The van der Waals surface area contributed by atoms with Gasteiger partial charge in [0, 0.05) is 31.2 Å². The maximum atomic E-state index is 12.6. The van der Waals surface area contributed by atoms with Crippen LogP contribution in [0.3, 0.4) is 0 Å². The number of fused-ring (bicyclic) bond motifs is 1. The highest BCUT2D eigenvalue weighted by Gasteiger charge is 2.30. The molecule has 2 aliphatic rings. The molecule has 132 valence electrons. The van der Waals surface area contributed by atoms with Crippen molar-refractivity contribution in [3.8, 4) is 22.8 Å². The molecule has 1 aromatic carbocycles. The molecular weight excluding hydrogens is 326 g/mol. The first-order chi connectivity index (χ1) is 12.2. The minimum Gasteiger partial charge on any atom is -0.454 e. The van der Waals surface area contributed by atoms with Crippen LogP contribution >= 0.6 is 0 Å². The molecule has 1 saturated heterocycles. The number of hydrogen-bond acceptors (Lipinski definition) is 6. The number of carbonyl (C=O) groups excluding carboxylic acids is 1. The van der Waals surface area contributed by atoms with Crippen LogP contribution in [-0.2, 0) is 0 Å². The van der Waals surface area contributed by atoms with Gasteiger partial charge in [-0.15, -0.1) is 0 Å². The molecule has 0 spiro atoms. The van der Waals surface area contributed by atoms with Crippen LogP contribution in [0.5, 0.6) is 11.5 Å². The molecule has 8 heteroatoms. The summed E-state index contributed by atoms with van der Waals surface area (Å²) < 4.78 is 10.6. The predicted molar refractivity (Wildman–Crippen MR) is 87.2 cm³/mol. The highest BCUT2D eigenvalue weighted by atomic mass is 16.7. The van der Waals surface area contributed by atoms with Crippen molar-refractivity contribution in [1.29, 1.82) is 0 Å². The van der Waals surface area contributed by atoms with E-state index in [1.165, 1.54) is 0 Å². The SMILES string of the molecule is O=C(c1cc(-c2ccc3c(c2)OCO3)n[nH]1)N1CCC(CO)C(O)C1. The number of rotatable bonds is 3. The molecule has 0 radical (unpaired) electrons. The van der Waals surface area contributed by atoms with Crippen molar-refractivity contribution in [3.05, 3.63) is 30.0 Å². The minimum absolute atomic E-state index is 0.0679. The summed E-state index contributed by atoms with van der Waals surface area (Å²) in [6, 6.07) is 7.17. The number of ether oxygens (including phenoxy) is 2. The van der Waals surface area contributed by atoms with Crippen molar-refractivity contribution < 1.29 is 24.5 Å². The fourth-order valence-electron chi connectivity index (χ4n) is 3.18. The number of carbonyl (C=O) groups is 1. The Bertz CT molecular complexity index is 790. The summed E-state index contributed by atoms with van der Waals surface area (Å²) in [4.78, 5) is 14.2. The number of aromatic nitrogens is 2. The van der Waals surface area contributed by atoms with Crippen LogP contribution in [0.15, 0.2) is 24.3 Å². The molecule has 0 saturated carbocycles. The third kappa shape index (κ3) is 2.94. The number of piperidine rings is 1. The molecule has 2 atom stereocenters. The molecule has 3 heterocycles. The Hall–Kier alpha value is -2.58. The van der Waals surface area contributed by atoms with E-state index in [0.29, 0.717) is 35.9 Å². The van der Waals surface area contributed by atoms with Gasteiger partial charge in [-0.1, -0.05) is 0 Å². The number of aromatic amines is 1. The van der Waals surface area contributed by atoms with E-state index in [2.05, 4.69) is 10.2 Å². The number of amides is 1. The first kappa shape index (κ1) is 15.9. The van der Waals surface area contributed by atoms with Gasteiger partial charge in [0.1, 0.15) is 5.69 Å². The molecule has 2 aliphatic heterocycles.